The third-order valence-electron chi connectivity index (χ3n) is 4.31. The molecule has 0 bridgehead atoms. The quantitative estimate of drug-likeness (QED) is 0.711. The number of aryl methyl sites for hydroxylation is 2. The van der Waals surface area contributed by atoms with Gasteiger partial charge < -0.3 is 14.6 Å². The summed E-state index contributed by atoms with van der Waals surface area (Å²) < 4.78 is 6.91. The molecule has 28 heavy (non-hydrogen) atoms. The van der Waals surface area contributed by atoms with Gasteiger partial charge in [0.2, 0.25) is 5.43 Å². The van der Waals surface area contributed by atoms with Crippen LogP contribution in [0.4, 0.5) is 0 Å². The van der Waals surface area contributed by atoms with Gasteiger partial charge in [0.05, 0.1) is 19.0 Å². The maximum atomic E-state index is 12.7. The van der Waals surface area contributed by atoms with Gasteiger partial charge in [-0.05, 0) is 50.2 Å². The molecule has 1 N–H and O–H groups in total. The predicted octanol–water partition coefficient (Wildman–Crippen LogP) is 2.51. The zero-order chi connectivity index (χ0) is 20.1. The lowest BCUT2D eigenvalue weighted by Gasteiger charge is -2.11. The van der Waals surface area contributed by atoms with Crippen molar-refractivity contribution in [3.63, 3.8) is 0 Å². The summed E-state index contributed by atoms with van der Waals surface area (Å²) in [5.74, 6) is 6.16. The van der Waals surface area contributed by atoms with Gasteiger partial charge in [0.25, 0.3) is 5.91 Å². The Morgan fingerprint density at radius 1 is 1.21 bits per heavy atom. The molecule has 0 atom stereocenters. The van der Waals surface area contributed by atoms with Crippen molar-refractivity contribution in [2.24, 2.45) is 0 Å². The molecule has 0 unspecified atom stereocenters. The average molecular weight is 375 g/mol. The summed E-state index contributed by atoms with van der Waals surface area (Å²) in [5, 5.41) is 3.12. The third-order valence-corrected chi connectivity index (χ3v) is 4.31. The van der Waals surface area contributed by atoms with Crippen molar-refractivity contribution in [2.75, 3.05) is 13.7 Å². The van der Waals surface area contributed by atoms with Gasteiger partial charge in [0.15, 0.2) is 0 Å². The lowest BCUT2D eigenvalue weighted by atomic mass is 10.1. The number of amides is 1. The van der Waals surface area contributed by atoms with Gasteiger partial charge in [-0.1, -0.05) is 11.8 Å². The Morgan fingerprint density at radius 3 is 2.64 bits per heavy atom. The van der Waals surface area contributed by atoms with Crippen LogP contribution in [0.2, 0.25) is 0 Å². The Labute approximate surface area is 163 Å². The molecule has 0 radical (unpaired) electrons. The molecule has 6 heteroatoms. The number of benzene rings is 1. The number of hydrogen-bond acceptors (Lipinski definition) is 4. The van der Waals surface area contributed by atoms with Gasteiger partial charge in [0, 0.05) is 24.0 Å². The van der Waals surface area contributed by atoms with Crippen molar-refractivity contribution >= 4 is 16.9 Å². The number of methoxy groups -OCH3 is 1. The van der Waals surface area contributed by atoms with E-state index in [1.54, 1.807) is 25.4 Å². The number of aromatic nitrogens is 2. The largest absolute Gasteiger partial charge is 0.497 e. The van der Waals surface area contributed by atoms with E-state index in [4.69, 9.17) is 4.74 Å². The molecule has 2 heterocycles. The van der Waals surface area contributed by atoms with E-state index in [-0.39, 0.29) is 17.5 Å². The van der Waals surface area contributed by atoms with Crippen LogP contribution in [-0.2, 0) is 6.54 Å². The number of pyridine rings is 2. The van der Waals surface area contributed by atoms with E-state index in [1.165, 1.54) is 0 Å². The summed E-state index contributed by atoms with van der Waals surface area (Å²) in [7, 11) is 1.60. The molecule has 0 fully saturated rings. The fourth-order valence-electron chi connectivity index (χ4n) is 2.80. The molecule has 0 saturated carbocycles. The van der Waals surface area contributed by atoms with E-state index < -0.39 is 5.91 Å². The molecule has 0 spiro atoms. The zero-order valence-electron chi connectivity index (χ0n) is 16.1. The molecule has 0 aliphatic carbocycles. The zero-order valence-corrected chi connectivity index (χ0v) is 16.1. The topological polar surface area (TPSA) is 73.2 Å². The van der Waals surface area contributed by atoms with E-state index in [2.05, 4.69) is 22.1 Å². The summed E-state index contributed by atoms with van der Waals surface area (Å²) in [4.78, 5) is 29.6. The SMILES string of the molecule is CCn1cc(C(=O)NCC#Cc2ccc(OC)cc2)c(=O)c2ccc(C)nc21. The number of rotatable bonds is 4. The van der Waals surface area contributed by atoms with Gasteiger partial charge in [-0.25, -0.2) is 4.98 Å². The summed E-state index contributed by atoms with van der Waals surface area (Å²) in [6.45, 7) is 4.55. The third kappa shape index (κ3) is 4.04. The second-order valence-electron chi connectivity index (χ2n) is 6.19. The van der Waals surface area contributed by atoms with E-state index in [0.717, 1.165) is 17.0 Å². The van der Waals surface area contributed by atoms with E-state index in [9.17, 15) is 9.59 Å². The highest BCUT2D eigenvalue weighted by molar-refractivity contribution is 5.97. The number of fused-ring (bicyclic) bond motifs is 1. The molecule has 142 valence electrons. The fourth-order valence-corrected chi connectivity index (χ4v) is 2.80. The van der Waals surface area contributed by atoms with E-state index in [0.29, 0.717) is 17.6 Å². The minimum Gasteiger partial charge on any atom is -0.497 e. The second kappa shape index (κ2) is 8.40. The average Bonchev–Trinajstić information content (AvgIpc) is 2.71. The molecule has 6 nitrogen and oxygen atoms in total. The first-order valence-electron chi connectivity index (χ1n) is 8.95. The number of hydrogen-bond donors (Lipinski definition) is 1. The molecule has 3 aromatic rings. The van der Waals surface area contributed by atoms with Crippen molar-refractivity contribution in [2.45, 2.75) is 20.4 Å². The highest BCUT2D eigenvalue weighted by Crippen LogP contribution is 2.11. The minimum atomic E-state index is -0.446. The van der Waals surface area contributed by atoms with Crippen LogP contribution >= 0.6 is 0 Å². The number of nitrogens with one attached hydrogen (secondary N) is 1. The maximum absolute atomic E-state index is 12.7. The van der Waals surface area contributed by atoms with Crippen molar-refractivity contribution in [1.29, 1.82) is 0 Å². The first-order chi connectivity index (χ1) is 13.5. The van der Waals surface area contributed by atoms with Crippen molar-refractivity contribution in [3.8, 4) is 17.6 Å². The minimum absolute atomic E-state index is 0.0891. The van der Waals surface area contributed by atoms with Crippen molar-refractivity contribution in [1.82, 2.24) is 14.9 Å². The molecular formula is C22H21N3O3. The van der Waals surface area contributed by atoms with Gasteiger partial charge in [-0.15, -0.1) is 0 Å². The lowest BCUT2D eigenvalue weighted by molar-refractivity contribution is 0.0957. The van der Waals surface area contributed by atoms with Gasteiger partial charge in [-0.3, -0.25) is 9.59 Å². The maximum Gasteiger partial charge on any atom is 0.257 e. The summed E-state index contributed by atoms with van der Waals surface area (Å²) in [6, 6.07) is 10.8. The van der Waals surface area contributed by atoms with Gasteiger partial charge >= 0.3 is 0 Å². The monoisotopic (exact) mass is 375 g/mol. The molecular weight excluding hydrogens is 354 g/mol. The first kappa shape index (κ1) is 19.2. The Kier molecular flexibility index (Phi) is 5.75. The van der Waals surface area contributed by atoms with Crippen LogP contribution in [0.5, 0.6) is 5.75 Å². The van der Waals surface area contributed by atoms with Crippen LogP contribution in [0.25, 0.3) is 11.0 Å². The van der Waals surface area contributed by atoms with Gasteiger partial charge in [-0.2, -0.15) is 0 Å². The lowest BCUT2D eigenvalue weighted by Crippen LogP contribution is -2.30. The van der Waals surface area contributed by atoms with Crippen molar-refractivity contribution < 1.29 is 9.53 Å². The Hall–Kier alpha value is -3.59. The van der Waals surface area contributed by atoms with Crippen molar-refractivity contribution in [3.05, 3.63) is 69.6 Å². The van der Waals surface area contributed by atoms with Crippen LogP contribution in [0.3, 0.4) is 0 Å². The van der Waals surface area contributed by atoms with Crippen LogP contribution in [0.15, 0.2) is 47.4 Å². The highest BCUT2D eigenvalue weighted by atomic mass is 16.5. The van der Waals surface area contributed by atoms with Gasteiger partial charge in [0.1, 0.15) is 17.0 Å². The second-order valence-corrected chi connectivity index (χ2v) is 6.19. The van der Waals surface area contributed by atoms with Crippen LogP contribution in [-0.4, -0.2) is 29.1 Å². The number of nitrogens with zero attached hydrogens (tertiary/aromatic N) is 2. The summed E-state index contributed by atoms with van der Waals surface area (Å²) in [6.07, 6.45) is 1.56. The Bertz CT molecular complexity index is 1140. The molecule has 3 rings (SSSR count). The number of carbonyl (C=O) groups excluding carboxylic acids is 1. The summed E-state index contributed by atoms with van der Waals surface area (Å²) >= 11 is 0. The number of ether oxygens (including phenoxy) is 1. The fraction of sp³-hybridized carbons (Fsp3) is 0.227. The first-order valence-corrected chi connectivity index (χ1v) is 8.95. The molecule has 0 aliphatic rings. The Morgan fingerprint density at radius 2 is 1.96 bits per heavy atom. The highest BCUT2D eigenvalue weighted by Gasteiger charge is 2.15. The van der Waals surface area contributed by atoms with Crippen LogP contribution in [0, 0.1) is 18.8 Å². The Balaban J connectivity index is 1.78. The van der Waals surface area contributed by atoms with Crippen LogP contribution < -0.4 is 15.5 Å². The molecule has 1 amide bonds. The standard InChI is InChI=1S/C22H21N3O3/c1-4-25-14-19(20(26)18-12-7-15(2)24-21(18)25)22(27)23-13-5-6-16-8-10-17(28-3)11-9-16/h7-12,14H,4,13H2,1-3H3,(H,23,27). The summed E-state index contributed by atoms with van der Waals surface area (Å²) in [5.41, 5.74) is 1.98. The van der Waals surface area contributed by atoms with E-state index in [1.807, 2.05) is 42.7 Å². The van der Waals surface area contributed by atoms with Crippen LogP contribution in [0.1, 0.15) is 28.5 Å². The smallest absolute Gasteiger partial charge is 0.257 e. The normalized spacial score (nSPS) is 10.2. The molecule has 2 aromatic heterocycles. The number of carbonyl (C=O) groups is 1. The molecule has 1 aromatic carbocycles. The predicted molar refractivity (Wildman–Crippen MR) is 109 cm³/mol. The molecule has 0 saturated heterocycles. The van der Waals surface area contributed by atoms with E-state index >= 15 is 0 Å². The molecule has 0 aliphatic heterocycles.